The maximum absolute atomic E-state index is 6.28. The van der Waals surface area contributed by atoms with Crippen LogP contribution in [0.1, 0.15) is 46.8 Å². The summed E-state index contributed by atoms with van der Waals surface area (Å²) in [5.74, 6) is 1.98. The van der Waals surface area contributed by atoms with Gasteiger partial charge in [0, 0.05) is 23.4 Å². The molecule has 0 radical (unpaired) electrons. The number of hydrogen-bond acceptors (Lipinski definition) is 5. The summed E-state index contributed by atoms with van der Waals surface area (Å²) < 4.78 is 1.00. The van der Waals surface area contributed by atoms with Crippen molar-refractivity contribution in [3.05, 3.63) is 43.0 Å². The zero-order valence-electron chi connectivity index (χ0n) is 11.0. The topological polar surface area (TPSA) is 64.2 Å². The van der Waals surface area contributed by atoms with E-state index in [4.69, 9.17) is 22.3 Å². The maximum Gasteiger partial charge on any atom is 0.131 e. The van der Waals surface area contributed by atoms with E-state index in [0.29, 0.717) is 11.8 Å². The van der Waals surface area contributed by atoms with Gasteiger partial charge in [-0.05, 0) is 34.8 Å². The molecule has 2 N–H and O–H groups in total. The molecule has 1 aliphatic heterocycles. The Bertz CT molecular complexity index is 753. The lowest BCUT2D eigenvalue weighted by molar-refractivity contribution is 0.693. The smallest absolute Gasteiger partial charge is 0.131 e. The Balaban J connectivity index is 1.74. The fourth-order valence-corrected chi connectivity index (χ4v) is 4.65. The zero-order valence-corrected chi connectivity index (χ0v) is 14.2. The van der Waals surface area contributed by atoms with Gasteiger partial charge >= 0.3 is 0 Å². The van der Waals surface area contributed by atoms with Crippen LogP contribution in [-0.4, -0.2) is 15.8 Å². The van der Waals surface area contributed by atoms with Crippen LogP contribution in [0.3, 0.4) is 0 Å². The molecule has 2 aromatic rings. The van der Waals surface area contributed by atoms with Crippen molar-refractivity contribution in [1.82, 2.24) is 9.97 Å². The zero-order chi connectivity index (χ0) is 14.6. The van der Waals surface area contributed by atoms with Crippen LogP contribution in [-0.2, 0) is 6.42 Å². The Kier molecular flexibility index (Phi) is 3.28. The molecule has 2 aromatic heterocycles. The van der Waals surface area contributed by atoms with Gasteiger partial charge in [-0.2, -0.15) is 0 Å². The number of fused-ring (bicyclic) bond motifs is 1. The third-order valence-corrected chi connectivity index (χ3v) is 5.94. The quantitative estimate of drug-likeness (QED) is 0.857. The highest BCUT2D eigenvalue weighted by atomic mass is 79.9. The Morgan fingerprint density at radius 2 is 2.19 bits per heavy atom. The molecule has 0 aromatic carbocycles. The highest BCUT2D eigenvalue weighted by molar-refractivity contribution is 9.11. The molecule has 108 valence electrons. The third-order valence-electron chi connectivity index (χ3n) is 3.77. The van der Waals surface area contributed by atoms with Crippen LogP contribution < -0.4 is 5.73 Å². The van der Waals surface area contributed by atoms with E-state index >= 15 is 0 Å². The molecule has 0 bridgehead atoms. The number of aliphatic imine (C=N–C) groups is 1. The van der Waals surface area contributed by atoms with Crippen molar-refractivity contribution in [3.8, 4) is 0 Å². The van der Waals surface area contributed by atoms with E-state index in [1.165, 1.54) is 12.8 Å². The normalized spacial score (nSPS) is 21.0. The second-order valence-corrected chi connectivity index (χ2v) is 8.23. The van der Waals surface area contributed by atoms with E-state index < -0.39 is 0 Å². The lowest BCUT2D eigenvalue weighted by Gasteiger charge is -2.20. The number of rotatable bonds is 2. The molecular weight excluding hydrogens is 372 g/mol. The van der Waals surface area contributed by atoms with Gasteiger partial charge in [0.1, 0.15) is 11.7 Å². The molecular formula is C14H12BrClN4S. The first-order valence-corrected chi connectivity index (χ1v) is 8.74. The summed E-state index contributed by atoms with van der Waals surface area (Å²) in [7, 11) is 0. The summed E-state index contributed by atoms with van der Waals surface area (Å²) in [5, 5.41) is 0.730. The van der Waals surface area contributed by atoms with Gasteiger partial charge in [-0.1, -0.05) is 11.6 Å². The molecule has 1 atom stereocenters. The molecule has 21 heavy (non-hydrogen) atoms. The van der Waals surface area contributed by atoms with E-state index in [1.54, 1.807) is 11.3 Å². The predicted molar refractivity (Wildman–Crippen MR) is 88.2 cm³/mol. The minimum atomic E-state index is -0.0525. The Hall–Kier alpha value is -0.980. The largest absolute Gasteiger partial charge is 0.383 e. The van der Waals surface area contributed by atoms with Crippen molar-refractivity contribution in [1.29, 1.82) is 0 Å². The van der Waals surface area contributed by atoms with Gasteiger partial charge in [0.05, 0.1) is 26.1 Å². The van der Waals surface area contributed by atoms with Crippen LogP contribution in [0.15, 0.2) is 21.0 Å². The van der Waals surface area contributed by atoms with Crippen molar-refractivity contribution in [3.63, 3.8) is 0 Å². The van der Waals surface area contributed by atoms with Crippen molar-refractivity contribution in [2.75, 3.05) is 0 Å². The standard InChI is InChI=1S/C14H12BrClN4S/c15-11-3-8(16)12(21-11)10-4-9-7(13(17)19-10)5-18-14(20-9)6-1-2-6/h3,5-6,10H,1-2,4H2,(H2,17,19). The minimum Gasteiger partial charge on any atom is -0.383 e. The monoisotopic (exact) mass is 382 g/mol. The molecule has 1 aliphatic carbocycles. The first-order valence-electron chi connectivity index (χ1n) is 6.76. The van der Waals surface area contributed by atoms with Crippen LogP contribution in [0.25, 0.3) is 0 Å². The summed E-state index contributed by atoms with van der Waals surface area (Å²) in [6, 6.07) is 1.85. The van der Waals surface area contributed by atoms with Crippen molar-refractivity contribution in [2.45, 2.75) is 31.2 Å². The van der Waals surface area contributed by atoms with Gasteiger partial charge in [-0.15, -0.1) is 11.3 Å². The molecule has 0 amide bonds. The minimum absolute atomic E-state index is 0.0525. The van der Waals surface area contributed by atoms with Gasteiger partial charge < -0.3 is 5.73 Å². The van der Waals surface area contributed by atoms with Gasteiger partial charge in [-0.3, -0.25) is 4.99 Å². The lowest BCUT2D eigenvalue weighted by atomic mass is 10.0. The lowest BCUT2D eigenvalue weighted by Crippen LogP contribution is -2.24. The summed E-state index contributed by atoms with van der Waals surface area (Å²) in [6.07, 6.45) is 4.92. The highest BCUT2D eigenvalue weighted by Gasteiger charge is 2.30. The number of nitrogens with zero attached hydrogens (tertiary/aromatic N) is 3. The fraction of sp³-hybridized carbons (Fsp3) is 0.357. The van der Waals surface area contributed by atoms with Gasteiger partial charge in [0.15, 0.2) is 0 Å². The SMILES string of the molecule is NC1=NC(c2sc(Br)cc2Cl)Cc2nc(C3CC3)ncc21. The number of halogens is 2. The van der Waals surface area contributed by atoms with Crippen molar-refractivity contribution in [2.24, 2.45) is 10.7 Å². The van der Waals surface area contributed by atoms with Crippen LogP contribution in [0.2, 0.25) is 5.02 Å². The van der Waals surface area contributed by atoms with Crippen molar-refractivity contribution < 1.29 is 0 Å². The number of thiophene rings is 1. The van der Waals surface area contributed by atoms with Crippen LogP contribution in [0.5, 0.6) is 0 Å². The highest BCUT2D eigenvalue weighted by Crippen LogP contribution is 2.41. The first-order chi connectivity index (χ1) is 10.1. The van der Waals surface area contributed by atoms with Crippen molar-refractivity contribution >= 4 is 44.7 Å². The molecule has 7 heteroatoms. The molecule has 0 spiro atoms. The molecule has 3 heterocycles. The average molecular weight is 384 g/mol. The van der Waals surface area contributed by atoms with E-state index in [0.717, 1.165) is 37.2 Å². The second-order valence-electron chi connectivity index (χ2n) is 5.36. The number of amidine groups is 1. The van der Waals surface area contributed by atoms with E-state index in [9.17, 15) is 0 Å². The predicted octanol–water partition coefficient (Wildman–Crippen LogP) is 3.83. The Morgan fingerprint density at radius 3 is 2.86 bits per heavy atom. The van der Waals surface area contributed by atoms with E-state index in [2.05, 4.69) is 25.9 Å². The Morgan fingerprint density at radius 1 is 1.38 bits per heavy atom. The second kappa shape index (κ2) is 5.04. The van der Waals surface area contributed by atoms with E-state index in [1.807, 2.05) is 12.3 Å². The van der Waals surface area contributed by atoms with Gasteiger partial charge in [-0.25, -0.2) is 9.97 Å². The summed E-state index contributed by atoms with van der Waals surface area (Å²) >= 11 is 11.3. The van der Waals surface area contributed by atoms with Crippen LogP contribution in [0, 0.1) is 0 Å². The first kappa shape index (κ1) is 13.7. The average Bonchev–Trinajstić information content (AvgIpc) is 3.23. The number of hydrogen-bond donors (Lipinski definition) is 1. The molecule has 1 fully saturated rings. The Labute approximate surface area is 139 Å². The van der Waals surface area contributed by atoms with E-state index in [-0.39, 0.29) is 6.04 Å². The molecule has 2 aliphatic rings. The summed E-state index contributed by atoms with van der Waals surface area (Å²) in [4.78, 5) is 14.7. The van der Waals surface area contributed by atoms with Gasteiger partial charge in [0.25, 0.3) is 0 Å². The molecule has 4 rings (SSSR count). The van der Waals surface area contributed by atoms with Crippen LogP contribution in [0.4, 0.5) is 0 Å². The number of aromatic nitrogens is 2. The summed E-state index contributed by atoms with van der Waals surface area (Å²) in [6.45, 7) is 0. The molecule has 0 saturated heterocycles. The molecule has 1 saturated carbocycles. The summed E-state index contributed by atoms with van der Waals surface area (Å²) in [5.41, 5.74) is 7.95. The van der Waals surface area contributed by atoms with Crippen LogP contribution >= 0.6 is 38.9 Å². The maximum atomic E-state index is 6.28. The van der Waals surface area contributed by atoms with Gasteiger partial charge in [0.2, 0.25) is 0 Å². The fourth-order valence-electron chi connectivity index (χ4n) is 2.54. The molecule has 4 nitrogen and oxygen atoms in total. The molecule has 1 unspecified atom stereocenters. The number of nitrogens with two attached hydrogens (primary N) is 1. The third kappa shape index (κ3) is 2.49.